The number of pyridine rings is 1. The van der Waals surface area contributed by atoms with E-state index in [4.69, 9.17) is 11.6 Å². The number of hydrogen-bond donors (Lipinski definition) is 1. The topological polar surface area (TPSA) is 29.3 Å². The van der Waals surface area contributed by atoms with Crippen LogP contribution in [0, 0.1) is 0 Å². The van der Waals surface area contributed by atoms with Crippen LogP contribution in [0.25, 0.3) is 5.52 Å². The Morgan fingerprint density at radius 1 is 1.38 bits per heavy atom. The van der Waals surface area contributed by atoms with E-state index in [2.05, 4.69) is 14.7 Å². The van der Waals surface area contributed by atoms with Crippen LogP contribution < -0.4 is 5.32 Å². The van der Waals surface area contributed by atoms with Crippen molar-refractivity contribution < 1.29 is 0 Å². The van der Waals surface area contributed by atoms with Gasteiger partial charge in [0.1, 0.15) is 5.82 Å². The van der Waals surface area contributed by atoms with Gasteiger partial charge in [-0.2, -0.15) is 0 Å². The van der Waals surface area contributed by atoms with Gasteiger partial charge in [0.05, 0.1) is 11.7 Å². The minimum absolute atomic E-state index is 0.574. The summed E-state index contributed by atoms with van der Waals surface area (Å²) in [6.45, 7) is 2.18. The molecule has 1 saturated heterocycles. The Morgan fingerprint density at radius 3 is 3.00 bits per heavy atom. The highest BCUT2D eigenvalue weighted by Gasteiger charge is 2.19. The third kappa shape index (κ3) is 1.70. The standard InChI is InChI=1S/C12H14ClN3/c13-10-3-6-16-11(7-10)8-15-12(16)9-1-4-14-5-2-9/h3,6-9,14H,1-2,4-5H2. The molecule has 2 aromatic heterocycles. The van der Waals surface area contributed by atoms with Crippen LogP contribution in [0.2, 0.25) is 5.02 Å². The van der Waals surface area contributed by atoms with Crippen molar-refractivity contribution in [2.75, 3.05) is 13.1 Å². The summed E-state index contributed by atoms with van der Waals surface area (Å²) in [5.74, 6) is 1.75. The predicted molar refractivity (Wildman–Crippen MR) is 65.0 cm³/mol. The van der Waals surface area contributed by atoms with Crippen LogP contribution in [0.1, 0.15) is 24.6 Å². The predicted octanol–water partition coefficient (Wildman–Crippen LogP) is 2.45. The van der Waals surface area contributed by atoms with E-state index in [0.717, 1.165) is 23.6 Å². The van der Waals surface area contributed by atoms with Crippen LogP contribution in [0.5, 0.6) is 0 Å². The van der Waals surface area contributed by atoms with E-state index in [-0.39, 0.29) is 0 Å². The van der Waals surface area contributed by atoms with Crippen molar-refractivity contribution >= 4 is 17.1 Å². The van der Waals surface area contributed by atoms with Gasteiger partial charge in [0.15, 0.2) is 0 Å². The summed E-state index contributed by atoms with van der Waals surface area (Å²) >= 11 is 5.96. The van der Waals surface area contributed by atoms with Crippen molar-refractivity contribution in [2.45, 2.75) is 18.8 Å². The molecule has 1 N–H and O–H groups in total. The molecule has 0 atom stereocenters. The van der Waals surface area contributed by atoms with Gasteiger partial charge in [0.2, 0.25) is 0 Å². The van der Waals surface area contributed by atoms with Gasteiger partial charge in [-0.3, -0.25) is 0 Å². The van der Waals surface area contributed by atoms with Gasteiger partial charge in [-0.25, -0.2) is 4.98 Å². The third-order valence-electron chi connectivity index (χ3n) is 3.23. The number of nitrogens with one attached hydrogen (secondary N) is 1. The SMILES string of the molecule is Clc1ccn2c(C3CCNCC3)ncc2c1. The van der Waals surface area contributed by atoms with Crippen LogP contribution in [0.3, 0.4) is 0 Å². The molecule has 4 heteroatoms. The smallest absolute Gasteiger partial charge is 0.116 e. The first-order valence-electron chi connectivity index (χ1n) is 5.68. The zero-order chi connectivity index (χ0) is 11.0. The first-order chi connectivity index (χ1) is 7.84. The highest BCUT2D eigenvalue weighted by molar-refractivity contribution is 6.30. The van der Waals surface area contributed by atoms with Crippen molar-refractivity contribution in [3.63, 3.8) is 0 Å². The maximum absolute atomic E-state index is 5.96. The van der Waals surface area contributed by atoms with E-state index in [1.807, 2.05) is 24.5 Å². The molecule has 0 aliphatic carbocycles. The molecule has 0 spiro atoms. The van der Waals surface area contributed by atoms with E-state index in [9.17, 15) is 0 Å². The number of rotatable bonds is 1. The Bertz CT molecular complexity index is 500. The number of nitrogens with zero attached hydrogens (tertiary/aromatic N) is 2. The second kappa shape index (κ2) is 4.07. The van der Waals surface area contributed by atoms with Gasteiger partial charge >= 0.3 is 0 Å². The van der Waals surface area contributed by atoms with Crippen molar-refractivity contribution in [2.24, 2.45) is 0 Å². The number of imidazole rings is 1. The van der Waals surface area contributed by atoms with Gasteiger partial charge in [0, 0.05) is 17.1 Å². The Labute approximate surface area is 99.4 Å². The lowest BCUT2D eigenvalue weighted by Crippen LogP contribution is -2.27. The summed E-state index contributed by atoms with van der Waals surface area (Å²) in [6.07, 6.45) is 6.26. The molecule has 3 heterocycles. The number of piperidine rings is 1. The first kappa shape index (κ1) is 10.1. The molecular formula is C12H14ClN3. The Kier molecular flexibility index (Phi) is 2.58. The van der Waals surface area contributed by atoms with Crippen LogP contribution in [-0.4, -0.2) is 22.5 Å². The minimum Gasteiger partial charge on any atom is -0.317 e. The Balaban J connectivity index is 2.03. The number of halogens is 1. The lowest BCUT2D eigenvalue weighted by Gasteiger charge is -2.21. The molecule has 0 bridgehead atoms. The van der Waals surface area contributed by atoms with Crippen LogP contribution in [0.15, 0.2) is 24.5 Å². The minimum atomic E-state index is 0.574. The Hall–Kier alpha value is -1.06. The van der Waals surface area contributed by atoms with Gasteiger partial charge in [-0.1, -0.05) is 11.6 Å². The molecular weight excluding hydrogens is 222 g/mol. The monoisotopic (exact) mass is 235 g/mol. The molecule has 0 aromatic carbocycles. The summed E-state index contributed by atoms with van der Waals surface area (Å²) in [7, 11) is 0. The van der Waals surface area contributed by atoms with Crippen molar-refractivity contribution in [1.82, 2.24) is 14.7 Å². The maximum Gasteiger partial charge on any atom is 0.116 e. The summed E-state index contributed by atoms with van der Waals surface area (Å²) < 4.78 is 2.15. The molecule has 3 rings (SSSR count). The molecule has 0 saturated carbocycles. The van der Waals surface area contributed by atoms with Gasteiger partial charge in [0.25, 0.3) is 0 Å². The fourth-order valence-electron chi connectivity index (χ4n) is 2.38. The number of aromatic nitrogens is 2. The highest BCUT2D eigenvalue weighted by atomic mass is 35.5. The number of hydrogen-bond acceptors (Lipinski definition) is 2. The fraction of sp³-hybridized carbons (Fsp3) is 0.417. The second-order valence-electron chi connectivity index (χ2n) is 4.28. The average molecular weight is 236 g/mol. The lowest BCUT2D eigenvalue weighted by atomic mass is 9.97. The molecule has 3 nitrogen and oxygen atoms in total. The summed E-state index contributed by atoms with van der Waals surface area (Å²) in [5, 5.41) is 4.14. The first-order valence-corrected chi connectivity index (χ1v) is 6.05. The fourth-order valence-corrected chi connectivity index (χ4v) is 2.54. The highest BCUT2D eigenvalue weighted by Crippen LogP contribution is 2.25. The van der Waals surface area contributed by atoms with E-state index < -0.39 is 0 Å². The molecule has 84 valence electrons. The molecule has 1 aliphatic heterocycles. The molecule has 0 unspecified atom stereocenters. The third-order valence-corrected chi connectivity index (χ3v) is 3.46. The molecule has 1 fully saturated rings. The van der Waals surface area contributed by atoms with Crippen LogP contribution in [0.4, 0.5) is 0 Å². The van der Waals surface area contributed by atoms with Crippen LogP contribution >= 0.6 is 11.6 Å². The largest absolute Gasteiger partial charge is 0.317 e. The second-order valence-corrected chi connectivity index (χ2v) is 4.72. The Morgan fingerprint density at radius 2 is 2.19 bits per heavy atom. The zero-order valence-electron chi connectivity index (χ0n) is 8.99. The normalized spacial score (nSPS) is 18.1. The van der Waals surface area contributed by atoms with Crippen LogP contribution in [-0.2, 0) is 0 Å². The van der Waals surface area contributed by atoms with Gasteiger partial charge in [-0.05, 0) is 38.1 Å². The van der Waals surface area contributed by atoms with E-state index >= 15 is 0 Å². The van der Waals surface area contributed by atoms with E-state index in [0.29, 0.717) is 5.92 Å². The lowest BCUT2D eigenvalue weighted by molar-refractivity contribution is 0.444. The molecule has 2 aromatic rings. The maximum atomic E-state index is 5.96. The molecule has 0 amide bonds. The summed E-state index contributed by atoms with van der Waals surface area (Å²) in [6, 6.07) is 3.87. The molecule has 1 aliphatic rings. The van der Waals surface area contributed by atoms with E-state index in [1.54, 1.807) is 0 Å². The zero-order valence-corrected chi connectivity index (χ0v) is 9.74. The number of fused-ring (bicyclic) bond motifs is 1. The van der Waals surface area contributed by atoms with Crippen molar-refractivity contribution in [3.8, 4) is 0 Å². The quantitative estimate of drug-likeness (QED) is 0.823. The summed E-state index contributed by atoms with van der Waals surface area (Å²) in [4.78, 5) is 4.54. The van der Waals surface area contributed by atoms with Gasteiger partial charge < -0.3 is 9.72 Å². The molecule has 0 radical (unpaired) electrons. The van der Waals surface area contributed by atoms with E-state index in [1.165, 1.54) is 18.7 Å². The average Bonchev–Trinajstić information content (AvgIpc) is 2.73. The molecule has 16 heavy (non-hydrogen) atoms. The van der Waals surface area contributed by atoms with Gasteiger partial charge in [-0.15, -0.1) is 0 Å². The van der Waals surface area contributed by atoms with Crippen molar-refractivity contribution in [1.29, 1.82) is 0 Å². The summed E-state index contributed by atoms with van der Waals surface area (Å²) in [5.41, 5.74) is 1.08. The van der Waals surface area contributed by atoms with Crippen molar-refractivity contribution in [3.05, 3.63) is 35.4 Å².